The van der Waals surface area contributed by atoms with Gasteiger partial charge in [-0.25, -0.2) is 0 Å². The average molecular weight is 230 g/mol. The third-order valence-corrected chi connectivity index (χ3v) is 3.60. The van der Waals surface area contributed by atoms with Crippen LogP contribution in [0.3, 0.4) is 0 Å². The molecule has 3 nitrogen and oxygen atoms in total. The predicted molar refractivity (Wildman–Crippen MR) is 66.9 cm³/mol. The van der Waals surface area contributed by atoms with Crippen molar-refractivity contribution in [3.8, 4) is 0 Å². The van der Waals surface area contributed by atoms with Gasteiger partial charge < -0.3 is 10.8 Å². The molecule has 1 aliphatic carbocycles. The van der Waals surface area contributed by atoms with Crippen LogP contribution in [0.4, 0.5) is 0 Å². The van der Waals surface area contributed by atoms with Gasteiger partial charge in [0.25, 0.3) is 0 Å². The maximum Gasteiger partial charge on any atom is 0.0901 e. The molecule has 1 saturated carbocycles. The molecule has 0 aliphatic heterocycles. The fraction of sp³-hybridized carbons (Fsp3) is 0.909. The van der Waals surface area contributed by atoms with Crippen molar-refractivity contribution in [2.45, 2.75) is 50.7 Å². The maximum absolute atomic E-state index is 10.3. The smallest absolute Gasteiger partial charge is 0.0901 e. The van der Waals surface area contributed by atoms with E-state index in [2.05, 4.69) is 11.8 Å². The van der Waals surface area contributed by atoms with Crippen LogP contribution in [0.15, 0.2) is 0 Å². The largest absolute Gasteiger partial charge is 0.392 e. The van der Waals surface area contributed by atoms with Crippen molar-refractivity contribution >= 4 is 17.2 Å². The Balaban J connectivity index is 2.52. The molecule has 4 heteroatoms. The van der Waals surface area contributed by atoms with Gasteiger partial charge in [-0.2, -0.15) is 0 Å². The van der Waals surface area contributed by atoms with Crippen molar-refractivity contribution < 1.29 is 5.11 Å². The zero-order valence-corrected chi connectivity index (χ0v) is 10.5. The molecule has 0 spiro atoms. The first-order valence-corrected chi connectivity index (χ1v) is 6.11. The van der Waals surface area contributed by atoms with Crippen molar-refractivity contribution in [1.29, 1.82) is 0 Å². The summed E-state index contributed by atoms with van der Waals surface area (Å²) in [7, 11) is 1.99. The number of thiocarbonyl (C=S) groups is 1. The summed E-state index contributed by atoms with van der Waals surface area (Å²) in [5, 5.41) is 10.3. The van der Waals surface area contributed by atoms with Gasteiger partial charge in [0.2, 0.25) is 0 Å². The molecule has 0 saturated heterocycles. The molecule has 0 radical (unpaired) electrons. The third-order valence-electron chi connectivity index (χ3n) is 3.33. The second kappa shape index (κ2) is 5.23. The molecule has 15 heavy (non-hydrogen) atoms. The Bertz CT molecular complexity index is 227. The number of hydrogen-bond donors (Lipinski definition) is 2. The van der Waals surface area contributed by atoms with Crippen LogP contribution in [0.1, 0.15) is 39.0 Å². The van der Waals surface area contributed by atoms with Crippen LogP contribution in [0.25, 0.3) is 0 Å². The molecule has 1 rings (SSSR count). The quantitative estimate of drug-likeness (QED) is 0.699. The Morgan fingerprint density at radius 3 is 2.47 bits per heavy atom. The molecule has 0 aromatic heterocycles. The van der Waals surface area contributed by atoms with Crippen molar-refractivity contribution in [3.05, 3.63) is 0 Å². The fourth-order valence-electron chi connectivity index (χ4n) is 2.50. The van der Waals surface area contributed by atoms with Crippen molar-refractivity contribution in [2.24, 2.45) is 5.73 Å². The van der Waals surface area contributed by atoms with Crippen molar-refractivity contribution in [3.63, 3.8) is 0 Å². The topological polar surface area (TPSA) is 49.5 Å². The van der Waals surface area contributed by atoms with E-state index in [9.17, 15) is 5.11 Å². The summed E-state index contributed by atoms with van der Waals surface area (Å²) in [6.45, 7) is 2.75. The first-order valence-electron chi connectivity index (χ1n) is 5.70. The Labute approximate surface area is 97.6 Å². The summed E-state index contributed by atoms with van der Waals surface area (Å²) in [6, 6.07) is 0.115. The van der Waals surface area contributed by atoms with E-state index < -0.39 is 5.60 Å². The van der Waals surface area contributed by atoms with E-state index in [-0.39, 0.29) is 6.04 Å². The van der Waals surface area contributed by atoms with Crippen LogP contribution in [-0.2, 0) is 0 Å². The van der Waals surface area contributed by atoms with Crippen LogP contribution in [0.2, 0.25) is 0 Å². The fourth-order valence-corrected chi connectivity index (χ4v) is 2.84. The number of likely N-dealkylation sites (N-methyl/N-ethyl adjacent to an activating group) is 1. The van der Waals surface area contributed by atoms with Gasteiger partial charge >= 0.3 is 0 Å². The van der Waals surface area contributed by atoms with Crippen LogP contribution in [0.5, 0.6) is 0 Å². The Morgan fingerprint density at radius 1 is 1.53 bits per heavy atom. The van der Waals surface area contributed by atoms with Crippen LogP contribution in [-0.4, -0.2) is 40.2 Å². The molecule has 3 N–H and O–H groups in total. The van der Waals surface area contributed by atoms with Gasteiger partial charge in [-0.1, -0.05) is 32.0 Å². The Kier molecular flexibility index (Phi) is 4.49. The molecule has 1 unspecified atom stereocenters. The van der Waals surface area contributed by atoms with Gasteiger partial charge in [0, 0.05) is 6.54 Å². The second-order valence-corrected chi connectivity index (χ2v) is 5.14. The molecule has 88 valence electrons. The van der Waals surface area contributed by atoms with Gasteiger partial charge in [0.05, 0.1) is 16.6 Å². The highest BCUT2D eigenvalue weighted by molar-refractivity contribution is 7.80. The van der Waals surface area contributed by atoms with Gasteiger partial charge in [0.15, 0.2) is 0 Å². The SMILES string of the molecule is CCC(C(N)=S)N(C)CC1(O)CCCC1. The average Bonchev–Trinajstić information content (AvgIpc) is 2.51. The minimum atomic E-state index is -0.507. The zero-order chi connectivity index (χ0) is 11.5. The zero-order valence-electron chi connectivity index (χ0n) is 9.70. The van der Waals surface area contributed by atoms with E-state index in [0.29, 0.717) is 11.5 Å². The number of aliphatic hydroxyl groups is 1. The van der Waals surface area contributed by atoms with Crippen molar-refractivity contribution in [1.82, 2.24) is 4.90 Å². The predicted octanol–water partition coefficient (Wildman–Crippen LogP) is 1.29. The minimum Gasteiger partial charge on any atom is -0.392 e. The van der Waals surface area contributed by atoms with Crippen LogP contribution >= 0.6 is 12.2 Å². The monoisotopic (exact) mass is 230 g/mol. The molecule has 1 fully saturated rings. The van der Waals surface area contributed by atoms with E-state index in [1.54, 1.807) is 0 Å². The van der Waals surface area contributed by atoms with Crippen LogP contribution < -0.4 is 5.73 Å². The molecule has 0 aromatic rings. The van der Waals surface area contributed by atoms with E-state index in [1.807, 2.05) is 7.05 Å². The summed E-state index contributed by atoms with van der Waals surface area (Å²) >= 11 is 5.02. The summed E-state index contributed by atoms with van der Waals surface area (Å²) in [5.41, 5.74) is 5.17. The Hall–Kier alpha value is -0.190. The lowest BCUT2D eigenvalue weighted by atomic mass is 10.0. The van der Waals surface area contributed by atoms with Gasteiger partial charge in [-0.05, 0) is 26.3 Å². The lowest BCUT2D eigenvalue weighted by molar-refractivity contribution is 0.0117. The molecular weight excluding hydrogens is 208 g/mol. The first kappa shape index (κ1) is 12.9. The maximum atomic E-state index is 10.3. The summed E-state index contributed by atoms with van der Waals surface area (Å²) in [6.07, 6.45) is 4.99. The van der Waals surface area contributed by atoms with E-state index >= 15 is 0 Å². The lowest BCUT2D eigenvalue weighted by Gasteiger charge is -2.33. The van der Waals surface area contributed by atoms with Crippen molar-refractivity contribution in [2.75, 3.05) is 13.6 Å². The molecule has 0 aromatic carbocycles. The summed E-state index contributed by atoms with van der Waals surface area (Å²) < 4.78 is 0. The number of hydrogen-bond acceptors (Lipinski definition) is 3. The Morgan fingerprint density at radius 2 is 2.07 bits per heavy atom. The molecule has 0 bridgehead atoms. The second-order valence-electron chi connectivity index (χ2n) is 4.67. The molecular formula is C11H22N2OS. The standard InChI is InChI=1S/C11H22N2OS/c1-3-9(10(12)15)13(2)8-11(14)6-4-5-7-11/h9,14H,3-8H2,1-2H3,(H2,12,15). The number of rotatable bonds is 5. The van der Waals surface area contributed by atoms with Gasteiger partial charge in [0.1, 0.15) is 0 Å². The number of nitrogens with zero attached hydrogens (tertiary/aromatic N) is 1. The number of nitrogens with two attached hydrogens (primary N) is 1. The molecule has 1 aliphatic rings. The van der Waals surface area contributed by atoms with E-state index in [0.717, 1.165) is 32.1 Å². The van der Waals surface area contributed by atoms with E-state index in [1.165, 1.54) is 0 Å². The van der Waals surface area contributed by atoms with Gasteiger partial charge in [-0.15, -0.1) is 0 Å². The summed E-state index contributed by atoms with van der Waals surface area (Å²) in [4.78, 5) is 2.62. The minimum absolute atomic E-state index is 0.115. The normalized spacial score (nSPS) is 21.9. The van der Waals surface area contributed by atoms with E-state index in [4.69, 9.17) is 18.0 Å². The van der Waals surface area contributed by atoms with Gasteiger partial charge in [-0.3, -0.25) is 4.90 Å². The highest BCUT2D eigenvalue weighted by Crippen LogP contribution is 2.30. The lowest BCUT2D eigenvalue weighted by Crippen LogP contribution is -2.48. The highest BCUT2D eigenvalue weighted by atomic mass is 32.1. The molecule has 1 atom stereocenters. The first-order chi connectivity index (χ1) is 6.98. The van der Waals surface area contributed by atoms with Crippen LogP contribution in [0, 0.1) is 0 Å². The highest BCUT2D eigenvalue weighted by Gasteiger charge is 2.33. The molecule has 0 amide bonds. The third kappa shape index (κ3) is 3.40. The summed E-state index contributed by atoms with van der Waals surface area (Å²) in [5.74, 6) is 0. The molecule has 0 heterocycles.